The van der Waals surface area contributed by atoms with Gasteiger partial charge in [-0.2, -0.15) is 0 Å². The third-order valence-corrected chi connectivity index (χ3v) is 3.42. The van der Waals surface area contributed by atoms with E-state index < -0.39 is 5.54 Å². The van der Waals surface area contributed by atoms with E-state index in [9.17, 15) is 4.39 Å². The van der Waals surface area contributed by atoms with E-state index in [0.29, 0.717) is 6.42 Å². The molecular formula is C14H18FN3. The second-order valence-electron chi connectivity index (χ2n) is 4.65. The highest BCUT2D eigenvalue weighted by atomic mass is 19.1. The van der Waals surface area contributed by atoms with Crippen molar-refractivity contribution in [1.29, 1.82) is 0 Å². The number of aromatic nitrogens is 2. The van der Waals surface area contributed by atoms with Crippen LogP contribution in [0, 0.1) is 5.82 Å². The molecular weight excluding hydrogens is 229 g/mol. The first-order valence-corrected chi connectivity index (χ1v) is 6.06. The predicted molar refractivity (Wildman–Crippen MR) is 69.5 cm³/mol. The maximum atomic E-state index is 13.3. The van der Waals surface area contributed by atoms with Gasteiger partial charge in [-0.3, -0.25) is 0 Å². The van der Waals surface area contributed by atoms with Crippen molar-refractivity contribution in [3.63, 3.8) is 0 Å². The lowest BCUT2D eigenvalue weighted by Crippen LogP contribution is -2.39. The van der Waals surface area contributed by atoms with Crippen LogP contribution in [0.1, 0.15) is 24.7 Å². The lowest BCUT2D eigenvalue weighted by molar-refractivity contribution is 0.408. The fraction of sp³-hybridized carbons (Fsp3) is 0.357. The van der Waals surface area contributed by atoms with E-state index in [0.717, 1.165) is 17.8 Å². The van der Waals surface area contributed by atoms with Gasteiger partial charge in [0.15, 0.2) is 0 Å². The first-order chi connectivity index (χ1) is 8.55. The number of hydrogen-bond donors (Lipinski definition) is 1. The van der Waals surface area contributed by atoms with Gasteiger partial charge in [0.25, 0.3) is 0 Å². The monoisotopic (exact) mass is 247 g/mol. The summed E-state index contributed by atoms with van der Waals surface area (Å²) in [7, 11) is 1.93. The summed E-state index contributed by atoms with van der Waals surface area (Å²) in [6, 6.07) is 6.50. The second-order valence-corrected chi connectivity index (χ2v) is 4.65. The molecule has 96 valence electrons. The fourth-order valence-corrected chi connectivity index (χ4v) is 2.08. The molecule has 3 nitrogen and oxygen atoms in total. The molecule has 18 heavy (non-hydrogen) atoms. The van der Waals surface area contributed by atoms with Crippen molar-refractivity contribution in [3.8, 4) is 0 Å². The van der Waals surface area contributed by atoms with E-state index in [1.165, 1.54) is 12.1 Å². The van der Waals surface area contributed by atoms with Crippen molar-refractivity contribution in [1.82, 2.24) is 9.55 Å². The Morgan fingerprint density at radius 3 is 2.78 bits per heavy atom. The maximum absolute atomic E-state index is 13.3. The standard InChI is InChI=1S/C14H18FN3/c1-3-14(16,10-13-17-7-8-18(13)2)11-5-4-6-12(15)9-11/h4-9H,3,10,16H2,1-2H3. The molecule has 0 saturated heterocycles. The zero-order valence-electron chi connectivity index (χ0n) is 10.7. The number of benzene rings is 1. The molecule has 1 unspecified atom stereocenters. The van der Waals surface area contributed by atoms with Gasteiger partial charge in [-0.15, -0.1) is 0 Å². The molecule has 0 spiro atoms. The van der Waals surface area contributed by atoms with E-state index in [1.54, 1.807) is 12.3 Å². The minimum Gasteiger partial charge on any atom is -0.338 e. The van der Waals surface area contributed by atoms with Crippen LogP contribution in [-0.4, -0.2) is 9.55 Å². The van der Waals surface area contributed by atoms with Crippen LogP contribution >= 0.6 is 0 Å². The van der Waals surface area contributed by atoms with Crippen LogP contribution in [0.4, 0.5) is 4.39 Å². The summed E-state index contributed by atoms with van der Waals surface area (Å²) in [5.74, 6) is 0.652. The van der Waals surface area contributed by atoms with Gasteiger partial charge >= 0.3 is 0 Å². The molecule has 1 aromatic heterocycles. The lowest BCUT2D eigenvalue weighted by atomic mass is 9.85. The largest absolute Gasteiger partial charge is 0.338 e. The molecule has 0 aliphatic carbocycles. The molecule has 0 fully saturated rings. The second kappa shape index (κ2) is 4.90. The van der Waals surface area contributed by atoms with Gasteiger partial charge < -0.3 is 10.3 Å². The van der Waals surface area contributed by atoms with Gasteiger partial charge in [-0.05, 0) is 24.1 Å². The van der Waals surface area contributed by atoms with Crippen LogP contribution in [0.2, 0.25) is 0 Å². The molecule has 0 aliphatic rings. The van der Waals surface area contributed by atoms with Crippen LogP contribution < -0.4 is 5.73 Å². The Bertz CT molecular complexity index is 535. The molecule has 4 heteroatoms. The summed E-state index contributed by atoms with van der Waals surface area (Å²) < 4.78 is 15.3. The summed E-state index contributed by atoms with van der Waals surface area (Å²) >= 11 is 0. The molecule has 1 heterocycles. The summed E-state index contributed by atoms with van der Waals surface area (Å²) in [6.45, 7) is 2.01. The Morgan fingerprint density at radius 1 is 1.44 bits per heavy atom. The summed E-state index contributed by atoms with van der Waals surface area (Å²) in [5, 5.41) is 0. The van der Waals surface area contributed by atoms with Gasteiger partial charge in [0.1, 0.15) is 11.6 Å². The van der Waals surface area contributed by atoms with Gasteiger partial charge in [0.05, 0.1) is 0 Å². The van der Waals surface area contributed by atoms with Gasteiger partial charge in [-0.1, -0.05) is 19.1 Å². The van der Waals surface area contributed by atoms with E-state index >= 15 is 0 Å². The number of nitrogens with zero attached hydrogens (tertiary/aromatic N) is 2. The number of imidazole rings is 1. The summed E-state index contributed by atoms with van der Waals surface area (Å²) in [6.07, 6.45) is 4.95. The average Bonchev–Trinajstić information content (AvgIpc) is 2.75. The first kappa shape index (κ1) is 12.8. The normalized spacial score (nSPS) is 14.4. The maximum Gasteiger partial charge on any atom is 0.123 e. The topological polar surface area (TPSA) is 43.8 Å². The van der Waals surface area contributed by atoms with Crippen LogP contribution in [0.5, 0.6) is 0 Å². The highest BCUT2D eigenvalue weighted by molar-refractivity contribution is 5.26. The van der Waals surface area contributed by atoms with Crippen molar-refractivity contribution in [3.05, 3.63) is 53.9 Å². The molecule has 1 aromatic carbocycles. The quantitative estimate of drug-likeness (QED) is 0.901. The zero-order chi connectivity index (χ0) is 13.2. The minimum absolute atomic E-state index is 0.254. The summed E-state index contributed by atoms with van der Waals surface area (Å²) in [4.78, 5) is 4.29. The Kier molecular flexibility index (Phi) is 3.48. The molecule has 0 aliphatic heterocycles. The highest BCUT2D eigenvalue weighted by Gasteiger charge is 2.27. The SMILES string of the molecule is CCC(N)(Cc1nccn1C)c1cccc(F)c1. The Morgan fingerprint density at radius 2 is 2.22 bits per heavy atom. The smallest absolute Gasteiger partial charge is 0.123 e. The number of hydrogen-bond acceptors (Lipinski definition) is 2. The molecule has 2 N–H and O–H groups in total. The Hall–Kier alpha value is -1.68. The Labute approximate surface area is 106 Å². The number of rotatable bonds is 4. The van der Waals surface area contributed by atoms with Gasteiger partial charge in [-0.25, -0.2) is 9.37 Å². The number of halogens is 1. The average molecular weight is 247 g/mol. The predicted octanol–water partition coefficient (Wildman–Crippen LogP) is 2.37. The number of nitrogens with two attached hydrogens (primary N) is 1. The van der Waals surface area contributed by atoms with Crippen LogP contribution in [0.3, 0.4) is 0 Å². The molecule has 0 radical (unpaired) electrons. The molecule has 2 aromatic rings. The zero-order valence-corrected chi connectivity index (χ0v) is 10.7. The summed E-state index contributed by atoms with van der Waals surface area (Å²) in [5.41, 5.74) is 6.66. The van der Waals surface area contributed by atoms with Crippen molar-refractivity contribution < 1.29 is 4.39 Å². The Balaban J connectivity index is 2.33. The molecule has 0 amide bonds. The van der Waals surface area contributed by atoms with E-state index in [1.807, 2.05) is 30.8 Å². The van der Waals surface area contributed by atoms with Gasteiger partial charge in [0.2, 0.25) is 0 Å². The van der Waals surface area contributed by atoms with Crippen molar-refractivity contribution in [2.75, 3.05) is 0 Å². The van der Waals surface area contributed by atoms with E-state index in [4.69, 9.17) is 5.73 Å². The molecule has 0 bridgehead atoms. The third-order valence-electron chi connectivity index (χ3n) is 3.42. The van der Waals surface area contributed by atoms with Crippen LogP contribution in [0.15, 0.2) is 36.7 Å². The van der Waals surface area contributed by atoms with Crippen molar-refractivity contribution in [2.45, 2.75) is 25.3 Å². The fourth-order valence-electron chi connectivity index (χ4n) is 2.08. The van der Waals surface area contributed by atoms with Crippen molar-refractivity contribution >= 4 is 0 Å². The third kappa shape index (κ3) is 2.43. The molecule has 0 saturated carbocycles. The number of aryl methyl sites for hydroxylation is 1. The molecule has 2 rings (SSSR count). The van der Waals surface area contributed by atoms with E-state index in [2.05, 4.69) is 4.98 Å². The van der Waals surface area contributed by atoms with Crippen LogP contribution in [-0.2, 0) is 19.0 Å². The van der Waals surface area contributed by atoms with Crippen LogP contribution in [0.25, 0.3) is 0 Å². The first-order valence-electron chi connectivity index (χ1n) is 6.06. The highest BCUT2D eigenvalue weighted by Crippen LogP contribution is 2.26. The van der Waals surface area contributed by atoms with Crippen molar-refractivity contribution in [2.24, 2.45) is 12.8 Å². The lowest BCUT2D eigenvalue weighted by Gasteiger charge is -2.28. The van der Waals surface area contributed by atoms with Gasteiger partial charge in [0, 0.05) is 31.4 Å². The minimum atomic E-state index is -0.582. The molecule has 1 atom stereocenters. The van der Waals surface area contributed by atoms with E-state index in [-0.39, 0.29) is 5.82 Å².